The number of nitrogens with zero attached hydrogens (tertiary/aromatic N) is 1. The Labute approximate surface area is 120 Å². The lowest BCUT2D eigenvalue weighted by Gasteiger charge is -2.11. The highest BCUT2D eigenvalue weighted by molar-refractivity contribution is 5.77. The second-order valence-electron chi connectivity index (χ2n) is 4.32. The number of guanidine groups is 1. The van der Waals surface area contributed by atoms with E-state index in [1.807, 2.05) is 6.92 Å². The average Bonchev–Trinajstić information content (AvgIpc) is 2.89. The molecule has 0 radical (unpaired) electrons. The topological polar surface area (TPSA) is 78.1 Å². The molecule has 0 atom stereocenters. The van der Waals surface area contributed by atoms with Crippen molar-refractivity contribution in [2.24, 2.45) is 10.7 Å². The Morgan fingerprint density at radius 2 is 2.14 bits per heavy atom. The quantitative estimate of drug-likeness (QED) is 0.619. The van der Waals surface area contributed by atoms with E-state index in [0.29, 0.717) is 23.6 Å². The van der Waals surface area contributed by atoms with Gasteiger partial charge in [-0.05, 0) is 12.5 Å². The molecule has 2 rings (SSSR count). The number of rotatable bonds is 6. The monoisotopic (exact) mass is 301 g/mol. The number of fused-ring (bicyclic) bond motifs is 1. The molecule has 0 bridgehead atoms. The van der Waals surface area contributed by atoms with Crippen molar-refractivity contribution in [1.82, 2.24) is 5.32 Å². The average molecular weight is 301 g/mol. The Kier molecular flexibility index (Phi) is 5.02. The van der Waals surface area contributed by atoms with Gasteiger partial charge in [-0.25, -0.2) is 4.99 Å². The van der Waals surface area contributed by atoms with Gasteiger partial charge >= 0.3 is 6.61 Å². The van der Waals surface area contributed by atoms with E-state index in [0.717, 1.165) is 6.42 Å². The first-order valence-electron chi connectivity index (χ1n) is 6.51. The number of nitrogens with two attached hydrogens (primary N) is 1. The summed E-state index contributed by atoms with van der Waals surface area (Å²) in [5.74, 6) is 1.09. The molecule has 1 heterocycles. The van der Waals surface area contributed by atoms with E-state index in [-0.39, 0.29) is 25.0 Å². The van der Waals surface area contributed by atoms with Gasteiger partial charge < -0.3 is 25.3 Å². The summed E-state index contributed by atoms with van der Waals surface area (Å²) in [6.07, 6.45) is 0.903. The van der Waals surface area contributed by atoms with Gasteiger partial charge in [0.15, 0.2) is 17.5 Å². The third-order valence-electron chi connectivity index (χ3n) is 2.75. The van der Waals surface area contributed by atoms with Gasteiger partial charge in [-0.3, -0.25) is 0 Å². The molecule has 1 aliphatic heterocycles. The SMILES string of the molecule is CCCNC(N)=NCc1cc2c(cc1OC(F)F)OCO2. The Bertz CT molecular complexity index is 524. The number of ether oxygens (including phenoxy) is 3. The largest absolute Gasteiger partial charge is 0.454 e. The molecule has 0 aliphatic carbocycles. The lowest BCUT2D eigenvalue weighted by molar-refractivity contribution is -0.0504. The first-order chi connectivity index (χ1) is 10.1. The number of hydrogen-bond donors (Lipinski definition) is 2. The van der Waals surface area contributed by atoms with Crippen LogP contribution in [0.4, 0.5) is 8.78 Å². The molecule has 3 N–H and O–H groups in total. The van der Waals surface area contributed by atoms with Crippen molar-refractivity contribution < 1.29 is 23.0 Å². The van der Waals surface area contributed by atoms with Crippen LogP contribution in [0.25, 0.3) is 0 Å². The predicted octanol–water partition coefficient (Wildman–Crippen LogP) is 1.83. The van der Waals surface area contributed by atoms with Crippen molar-refractivity contribution in [3.63, 3.8) is 0 Å². The fraction of sp³-hybridized carbons (Fsp3) is 0.462. The molecular weight excluding hydrogens is 284 g/mol. The highest BCUT2D eigenvalue weighted by atomic mass is 19.3. The minimum absolute atomic E-state index is 0.00120. The Balaban J connectivity index is 2.16. The highest BCUT2D eigenvalue weighted by Gasteiger charge is 2.19. The number of halogens is 2. The van der Waals surface area contributed by atoms with E-state index in [9.17, 15) is 8.78 Å². The Hall–Kier alpha value is -2.25. The van der Waals surface area contributed by atoms with Crippen LogP contribution in [0.15, 0.2) is 17.1 Å². The number of alkyl halides is 2. The van der Waals surface area contributed by atoms with Crippen molar-refractivity contribution in [1.29, 1.82) is 0 Å². The van der Waals surface area contributed by atoms with Crippen LogP contribution in [0.3, 0.4) is 0 Å². The molecular formula is C13H17F2N3O3. The van der Waals surface area contributed by atoms with Gasteiger partial charge in [0.1, 0.15) is 5.75 Å². The van der Waals surface area contributed by atoms with Crippen molar-refractivity contribution in [3.05, 3.63) is 17.7 Å². The van der Waals surface area contributed by atoms with Gasteiger partial charge in [-0.1, -0.05) is 6.92 Å². The molecule has 1 aromatic carbocycles. The molecule has 8 heteroatoms. The Morgan fingerprint density at radius 1 is 1.43 bits per heavy atom. The Morgan fingerprint density at radius 3 is 2.81 bits per heavy atom. The molecule has 0 spiro atoms. The zero-order valence-electron chi connectivity index (χ0n) is 11.6. The summed E-state index contributed by atoms with van der Waals surface area (Å²) in [6.45, 7) is -0.0927. The standard InChI is InChI=1S/C13H17F2N3O3/c1-2-3-17-13(16)18-6-8-4-10-11(20-7-19-10)5-9(8)21-12(14)15/h4-5,12H,2-3,6-7H2,1H3,(H3,16,17,18). The zero-order valence-corrected chi connectivity index (χ0v) is 11.6. The van der Waals surface area contributed by atoms with Crippen LogP contribution in [-0.4, -0.2) is 25.9 Å². The first kappa shape index (κ1) is 15.1. The third kappa shape index (κ3) is 4.11. The van der Waals surface area contributed by atoms with E-state index in [4.69, 9.17) is 15.2 Å². The van der Waals surface area contributed by atoms with Crippen molar-refractivity contribution in [2.45, 2.75) is 26.5 Å². The second-order valence-corrected chi connectivity index (χ2v) is 4.32. The van der Waals surface area contributed by atoms with E-state index >= 15 is 0 Å². The number of benzene rings is 1. The molecule has 0 fully saturated rings. The van der Waals surface area contributed by atoms with Gasteiger partial charge in [0, 0.05) is 18.2 Å². The normalized spacial score (nSPS) is 13.6. The van der Waals surface area contributed by atoms with Gasteiger partial charge in [-0.2, -0.15) is 8.78 Å². The molecule has 0 unspecified atom stereocenters. The summed E-state index contributed by atoms with van der Waals surface area (Å²) in [6, 6.07) is 2.94. The fourth-order valence-corrected chi connectivity index (χ4v) is 1.77. The van der Waals surface area contributed by atoms with Gasteiger partial charge in [0.05, 0.1) is 6.54 Å². The van der Waals surface area contributed by atoms with Crippen LogP contribution in [-0.2, 0) is 6.54 Å². The van der Waals surface area contributed by atoms with Crippen molar-refractivity contribution in [3.8, 4) is 17.2 Å². The van der Waals surface area contributed by atoms with Crippen LogP contribution >= 0.6 is 0 Å². The molecule has 21 heavy (non-hydrogen) atoms. The van der Waals surface area contributed by atoms with Crippen LogP contribution in [0, 0.1) is 0 Å². The second kappa shape index (κ2) is 6.96. The molecule has 1 aromatic rings. The predicted molar refractivity (Wildman–Crippen MR) is 72.8 cm³/mol. The summed E-state index contributed by atoms with van der Waals surface area (Å²) < 4.78 is 39.7. The van der Waals surface area contributed by atoms with E-state index in [1.54, 1.807) is 6.07 Å². The highest BCUT2D eigenvalue weighted by Crippen LogP contribution is 2.38. The van der Waals surface area contributed by atoms with Gasteiger partial charge in [-0.15, -0.1) is 0 Å². The molecule has 116 valence electrons. The zero-order chi connectivity index (χ0) is 15.2. The number of nitrogens with one attached hydrogen (secondary N) is 1. The minimum Gasteiger partial charge on any atom is -0.454 e. The minimum atomic E-state index is -2.93. The maximum absolute atomic E-state index is 12.5. The molecule has 0 saturated heterocycles. The molecule has 6 nitrogen and oxygen atoms in total. The third-order valence-corrected chi connectivity index (χ3v) is 2.75. The van der Waals surface area contributed by atoms with E-state index in [1.165, 1.54) is 6.07 Å². The first-order valence-corrected chi connectivity index (χ1v) is 6.51. The van der Waals surface area contributed by atoms with Crippen LogP contribution in [0.1, 0.15) is 18.9 Å². The smallest absolute Gasteiger partial charge is 0.387 e. The van der Waals surface area contributed by atoms with Gasteiger partial charge in [0.2, 0.25) is 6.79 Å². The van der Waals surface area contributed by atoms with Crippen molar-refractivity contribution >= 4 is 5.96 Å². The summed E-state index contributed by atoms with van der Waals surface area (Å²) >= 11 is 0. The lowest BCUT2D eigenvalue weighted by Crippen LogP contribution is -2.32. The van der Waals surface area contributed by atoms with E-state index in [2.05, 4.69) is 15.0 Å². The number of hydrogen-bond acceptors (Lipinski definition) is 4. The molecule has 0 aromatic heterocycles. The fourth-order valence-electron chi connectivity index (χ4n) is 1.77. The number of aliphatic imine (C=N–C) groups is 1. The molecule has 0 amide bonds. The molecule has 0 saturated carbocycles. The van der Waals surface area contributed by atoms with E-state index < -0.39 is 6.61 Å². The lowest BCUT2D eigenvalue weighted by atomic mass is 10.1. The van der Waals surface area contributed by atoms with Crippen LogP contribution < -0.4 is 25.3 Å². The van der Waals surface area contributed by atoms with Crippen LogP contribution in [0.5, 0.6) is 17.2 Å². The summed E-state index contributed by atoms with van der Waals surface area (Å²) in [5.41, 5.74) is 6.11. The van der Waals surface area contributed by atoms with Crippen LogP contribution in [0.2, 0.25) is 0 Å². The maximum Gasteiger partial charge on any atom is 0.387 e. The van der Waals surface area contributed by atoms with Gasteiger partial charge in [0.25, 0.3) is 0 Å². The summed E-state index contributed by atoms with van der Waals surface area (Å²) in [4.78, 5) is 4.09. The maximum atomic E-state index is 12.5. The summed E-state index contributed by atoms with van der Waals surface area (Å²) in [7, 11) is 0. The molecule has 1 aliphatic rings. The summed E-state index contributed by atoms with van der Waals surface area (Å²) in [5, 5.41) is 2.90. The van der Waals surface area contributed by atoms with Crippen molar-refractivity contribution in [2.75, 3.05) is 13.3 Å².